The maximum atomic E-state index is 5.79. The molecule has 2 aliphatic heterocycles. The van der Waals surface area contributed by atoms with E-state index in [-0.39, 0.29) is 11.7 Å². The topological polar surface area (TPSA) is 44.5 Å². The molecule has 3 nitrogen and oxygen atoms in total. The molecule has 0 saturated carbocycles. The summed E-state index contributed by atoms with van der Waals surface area (Å²) in [6.45, 7) is 0.584. The summed E-state index contributed by atoms with van der Waals surface area (Å²) in [6.07, 6.45) is 5.23. The normalized spacial score (nSPS) is 46.5. The zero-order valence-corrected chi connectivity index (χ0v) is 7.58. The van der Waals surface area contributed by atoms with Gasteiger partial charge in [-0.1, -0.05) is 0 Å². The molecule has 2 rings (SSSR count). The molecule has 0 aromatic carbocycles. The van der Waals surface area contributed by atoms with Crippen LogP contribution in [0.1, 0.15) is 25.7 Å². The molecular formula is C9H17NO2. The molecule has 0 spiro atoms. The number of nitrogens with two attached hydrogens (primary N) is 1. The zero-order valence-electron chi connectivity index (χ0n) is 7.58. The lowest BCUT2D eigenvalue weighted by molar-refractivity contribution is -0.154. The molecule has 0 radical (unpaired) electrons. The third-order valence-electron chi connectivity index (χ3n) is 3.34. The molecule has 3 unspecified atom stereocenters. The van der Waals surface area contributed by atoms with Crippen LogP contribution in [0.2, 0.25) is 0 Å². The van der Waals surface area contributed by atoms with Gasteiger partial charge in [0.05, 0.1) is 12.2 Å². The van der Waals surface area contributed by atoms with E-state index in [1.165, 1.54) is 6.42 Å². The first-order chi connectivity index (χ1) is 5.80. The fraction of sp³-hybridized carbons (Fsp3) is 1.00. The highest BCUT2D eigenvalue weighted by molar-refractivity contribution is 4.99. The molecule has 2 bridgehead atoms. The minimum Gasteiger partial charge on any atom is -0.374 e. The van der Waals surface area contributed by atoms with Gasteiger partial charge in [0.2, 0.25) is 0 Å². The predicted octanol–water partition coefficient (Wildman–Crippen LogP) is 0.672. The summed E-state index contributed by atoms with van der Waals surface area (Å²) in [6, 6.07) is 0. The van der Waals surface area contributed by atoms with E-state index in [1.807, 2.05) is 0 Å². The average Bonchev–Trinajstić information content (AvgIpc) is 2.52. The van der Waals surface area contributed by atoms with E-state index in [0.717, 1.165) is 19.3 Å². The van der Waals surface area contributed by atoms with Gasteiger partial charge in [0.1, 0.15) is 5.60 Å². The Hall–Kier alpha value is -0.120. The molecule has 2 saturated heterocycles. The molecule has 0 aromatic heterocycles. The molecular weight excluding hydrogens is 154 g/mol. The van der Waals surface area contributed by atoms with Crippen LogP contribution in [0.4, 0.5) is 0 Å². The Morgan fingerprint density at radius 1 is 1.50 bits per heavy atom. The quantitative estimate of drug-likeness (QED) is 0.664. The Bertz CT molecular complexity index is 168. The van der Waals surface area contributed by atoms with Gasteiger partial charge in [0.25, 0.3) is 0 Å². The zero-order chi connectivity index (χ0) is 8.60. The number of ether oxygens (including phenoxy) is 2. The molecule has 12 heavy (non-hydrogen) atoms. The maximum absolute atomic E-state index is 5.79. The molecule has 3 heteroatoms. The molecule has 0 aromatic rings. The number of hydrogen-bond acceptors (Lipinski definition) is 3. The summed E-state index contributed by atoms with van der Waals surface area (Å²) < 4.78 is 11.3. The lowest BCUT2D eigenvalue weighted by atomic mass is 9.90. The first-order valence-electron chi connectivity index (χ1n) is 4.71. The van der Waals surface area contributed by atoms with Gasteiger partial charge < -0.3 is 15.2 Å². The van der Waals surface area contributed by atoms with Crippen molar-refractivity contribution in [1.82, 2.24) is 0 Å². The van der Waals surface area contributed by atoms with Crippen molar-refractivity contribution in [2.45, 2.75) is 43.5 Å². The molecule has 0 amide bonds. The standard InChI is InChI=1S/C9H17NO2/c1-11-9(6-10)5-4-7-2-3-8(9)12-7/h7-8H,2-6,10H2,1H3. The Morgan fingerprint density at radius 3 is 3.00 bits per heavy atom. The van der Waals surface area contributed by atoms with Gasteiger partial charge in [-0.3, -0.25) is 0 Å². The van der Waals surface area contributed by atoms with Crippen LogP contribution in [0.25, 0.3) is 0 Å². The van der Waals surface area contributed by atoms with E-state index >= 15 is 0 Å². The molecule has 2 N–H and O–H groups in total. The molecule has 2 fully saturated rings. The van der Waals surface area contributed by atoms with Crippen LogP contribution < -0.4 is 5.73 Å². The van der Waals surface area contributed by atoms with Crippen molar-refractivity contribution in [2.24, 2.45) is 5.73 Å². The lowest BCUT2D eigenvalue weighted by Gasteiger charge is -2.40. The van der Waals surface area contributed by atoms with Crippen LogP contribution in [-0.4, -0.2) is 31.5 Å². The monoisotopic (exact) mass is 171 g/mol. The third kappa shape index (κ3) is 1.08. The summed E-state index contributed by atoms with van der Waals surface area (Å²) in [5, 5.41) is 0. The van der Waals surface area contributed by atoms with Crippen LogP contribution in [0.5, 0.6) is 0 Å². The van der Waals surface area contributed by atoms with Gasteiger partial charge in [-0.05, 0) is 25.7 Å². The predicted molar refractivity (Wildman–Crippen MR) is 45.9 cm³/mol. The highest BCUT2D eigenvalue weighted by atomic mass is 16.6. The first kappa shape index (κ1) is 8.48. The number of methoxy groups -OCH3 is 1. The van der Waals surface area contributed by atoms with Crippen molar-refractivity contribution in [3.63, 3.8) is 0 Å². The number of fused-ring (bicyclic) bond motifs is 2. The summed E-state index contributed by atoms with van der Waals surface area (Å²) >= 11 is 0. The molecule has 3 atom stereocenters. The number of rotatable bonds is 2. The van der Waals surface area contributed by atoms with Gasteiger partial charge >= 0.3 is 0 Å². The van der Waals surface area contributed by atoms with E-state index in [9.17, 15) is 0 Å². The Balaban J connectivity index is 2.13. The largest absolute Gasteiger partial charge is 0.374 e. The van der Waals surface area contributed by atoms with Crippen molar-refractivity contribution in [3.8, 4) is 0 Å². The van der Waals surface area contributed by atoms with E-state index in [0.29, 0.717) is 12.6 Å². The Labute approximate surface area is 73.2 Å². The van der Waals surface area contributed by atoms with Crippen molar-refractivity contribution < 1.29 is 9.47 Å². The van der Waals surface area contributed by atoms with Crippen molar-refractivity contribution in [2.75, 3.05) is 13.7 Å². The fourth-order valence-electron chi connectivity index (χ4n) is 2.42. The Morgan fingerprint density at radius 2 is 2.33 bits per heavy atom. The maximum Gasteiger partial charge on any atom is 0.106 e. The van der Waals surface area contributed by atoms with E-state index in [4.69, 9.17) is 15.2 Å². The molecule has 0 aliphatic carbocycles. The van der Waals surface area contributed by atoms with Crippen LogP contribution in [0.3, 0.4) is 0 Å². The first-order valence-corrected chi connectivity index (χ1v) is 4.71. The Kier molecular flexibility index (Phi) is 2.10. The van der Waals surface area contributed by atoms with Gasteiger partial charge in [-0.25, -0.2) is 0 Å². The van der Waals surface area contributed by atoms with Gasteiger partial charge in [0, 0.05) is 13.7 Å². The molecule has 2 heterocycles. The number of hydrogen-bond donors (Lipinski definition) is 1. The van der Waals surface area contributed by atoms with E-state index in [1.54, 1.807) is 7.11 Å². The van der Waals surface area contributed by atoms with Crippen molar-refractivity contribution in [1.29, 1.82) is 0 Å². The van der Waals surface area contributed by atoms with Crippen molar-refractivity contribution >= 4 is 0 Å². The van der Waals surface area contributed by atoms with Gasteiger partial charge in [0.15, 0.2) is 0 Å². The highest BCUT2D eigenvalue weighted by Crippen LogP contribution is 2.40. The summed E-state index contributed by atoms with van der Waals surface area (Å²) in [5.74, 6) is 0. The van der Waals surface area contributed by atoms with Crippen LogP contribution in [0.15, 0.2) is 0 Å². The van der Waals surface area contributed by atoms with E-state index in [2.05, 4.69) is 0 Å². The van der Waals surface area contributed by atoms with Crippen LogP contribution in [0, 0.1) is 0 Å². The second-order valence-electron chi connectivity index (χ2n) is 3.84. The third-order valence-corrected chi connectivity index (χ3v) is 3.34. The average molecular weight is 171 g/mol. The highest BCUT2D eigenvalue weighted by Gasteiger charge is 2.47. The summed E-state index contributed by atoms with van der Waals surface area (Å²) in [7, 11) is 1.74. The second-order valence-corrected chi connectivity index (χ2v) is 3.84. The smallest absolute Gasteiger partial charge is 0.106 e. The van der Waals surface area contributed by atoms with Crippen molar-refractivity contribution in [3.05, 3.63) is 0 Å². The SMILES string of the molecule is COC1(CN)CCC2CCC1O2. The molecule has 2 aliphatic rings. The van der Waals surface area contributed by atoms with Crippen LogP contribution in [-0.2, 0) is 9.47 Å². The van der Waals surface area contributed by atoms with E-state index < -0.39 is 0 Å². The summed E-state index contributed by atoms with van der Waals surface area (Å²) in [5.41, 5.74) is 5.55. The lowest BCUT2D eigenvalue weighted by Crippen LogP contribution is -2.52. The molecule has 70 valence electrons. The fourth-order valence-corrected chi connectivity index (χ4v) is 2.42. The summed E-state index contributed by atoms with van der Waals surface area (Å²) in [4.78, 5) is 0. The minimum atomic E-state index is -0.174. The minimum absolute atomic E-state index is 0.174. The van der Waals surface area contributed by atoms with Gasteiger partial charge in [-0.15, -0.1) is 0 Å². The van der Waals surface area contributed by atoms with Gasteiger partial charge in [-0.2, -0.15) is 0 Å². The van der Waals surface area contributed by atoms with Crippen LogP contribution >= 0.6 is 0 Å². The second kappa shape index (κ2) is 2.98.